The van der Waals surface area contributed by atoms with Crippen molar-refractivity contribution in [3.05, 3.63) is 86.9 Å². The molecule has 3 aromatic rings. The van der Waals surface area contributed by atoms with Gasteiger partial charge in [0, 0.05) is 28.7 Å². The van der Waals surface area contributed by atoms with Crippen molar-refractivity contribution in [3.63, 3.8) is 0 Å². The van der Waals surface area contributed by atoms with Gasteiger partial charge in [0.2, 0.25) is 5.91 Å². The first-order chi connectivity index (χ1) is 13.4. The van der Waals surface area contributed by atoms with E-state index in [9.17, 15) is 14.0 Å². The quantitative estimate of drug-likeness (QED) is 0.683. The Morgan fingerprint density at radius 2 is 2.00 bits per heavy atom. The molecule has 144 valence electrons. The lowest BCUT2D eigenvalue weighted by atomic mass is 10.2. The predicted molar refractivity (Wildman–Crippen MR) is 107 cm³/mol. The molecule has 1 atom stereocenters. The lowest BCUT2D eigenvalue weighted by Gasteiger charge is -2.14. The molecule has 0 aliphatic carbocycles. The van der Waals surface area contributed by atoms with E-state index in [0.29, 0.717) is 15.4 Å². The van der Waals surface area contributed by atoms with Crippen LogP contribution in [0.5, 0.6) is 0 Å². The summed E-state index contributed by atoms with van der Waals surface area (Å²) in [6.07, 6.45) is 1.71. The number of hydrogen-bond donors (Lipinski definition) is 1. The average Bonchev–Trinajstić information content (AvgIpc) is 3.14. The summed E-state index contributed by atoms with van der Waals surface area (Å²) in [4.78, 5) is 29.4. The molecule has 1 aromatic heterocycles. The van der Waals surface area contributed by atoms with E-state index in [0.717, 1.165) is 5.56 Å². The minimum absolute atomic E-state index is 0.237. The van der Waals surface area contributed by atoms with Gasteiger partial charge in [-0.15, -0.1) is 11.3 Å². The van der Waals surface area contributed by atoms with Gasteiger partial charge in [-0.1, -0.05) is 29.8 Å². The van der Waals surface area contributed by atoms with E-state index in [2.05, 4.69) is 10.3 Å². The van der Waals surface area contributed by atoms with Crippen LogP contribution in [0.25, 0.3) is 0 Å². The topological polar surface area (TPSA) is 63.5 Å². The van der Waals surface area contributed by atoms with Crippen molar-refractivity contribution in [3.8, 4) is 0 Å². The first kappa shape index (κ1) is 20.0. The van der Waals surface area contributed by atoms with Crippen LogP contribution >= 0.6 is 22.9 Å². The number of rotatable bonds is 5. The molecule has 1 unspecified atom stereocenters. The fourth-order valence-corrected chi connectivity index (χ4v) is 3.48. The third-order valence-corrected chi connectivity index (χ3v) is 5.07. The lowest BCUT2D eigenvalue weighted by Crippen LogP contribution is -2.34. The summed E-state index contributed by atoms with van der Waals surface area (Å²) in [5.41, 5.74) is 1.17. The Hall–Kier alpha value is -2.77. The zero-order chi connectivity index (χ0) is 20.1. The predicted octanol–water partition coefficient (Wildman–Crippen LogP) is 3.96. The second-order valence-corrected chi connectivity index (χ2v) is 7.35. The normalized spacial score (nSPS) is 12.6. The molecule has 28 heavy (non-hydrogen) atoms. The maximum absolute atomic E-state index is 13.0. The second kappa shape index (κ2) is 8.95. The molecule has 0 saturated heterocycles. The monoisotopic (exact) mass is 417 g/mol. The summed E-state index contributed by atoms with van der Waals surface area (Å²) >= 11 is 7.18. The Balaban J connectivity index is 1.73. The zero-order valence-electron chi connectivity index (χ0n) is 14.9. The number of halogens is 2. The van der Waals surface area contributed by atoms with Crippen molar-refractivity contribution in [2.45, 2.75) is 19.5 Å². The largest absolute Gasteiger partial charge is 0.350 e. The van der Waals surface area contributed by atoms with Crippen LogP contribution in [0.1, 0.15) is 28.9 Å². The van der Waals surface area contributed by atoms with Gasteiger partial charge in [0.1, 0.15) is 11.9 Å². The van der Waals surface area contributed by atoms with E-state index in [1.165, 1.54) is 23.5 Å². The van der Waals surface area contributed by atoms with Gasteiger partial charge in [0.05, 0.1) is 0 Å². The first-order valence-electron chi connectivity index (χ1n) is 8.46. The molecule has 0 spiro atoms. The van der Waals surface area contributed by atoms with Crippen molar-refractivity contribution in [2.75, 3.05) is 0 Å². The molecule has 0 radical (unpaired) electrons. The molecule has 1 N–H and O–H groups in total. The third-order valence-electron chi connectivity index (χ3n) is 4.06. The van der Waals surface area contributed by atoms with Gasteiger partial charge in [-0.05, 0) is 42.8 Å². The van der Waals surface area contributed by atoms with E-state index in [1.807, 2.05) is 0 Å². The summed E-state index contributed by atoms with van der Waals surface area (Å²) in [6, 6.07) is 11.9. The van der Waals surface area contributed by atoms with E-state index in [1.54, 1.807) is 59.5 Å². The Morgan fingerprint density at radius 3 is 2.71 bits per heavy atom. The highest BCUT2D eigenvalue weighted by molar-refractivity contribution is 7.07. The molecule has 3 rings (SSSR count). The minimum atomic E-state index is -0.572. The summed E-state index contributed by atoms with van der Waals surface area (Å²) in [6.45, 7) is 2.00. The first-order valence-corrected chi connectivity index (χ1v) is 9.72. The number of hydrogen-bond acceptors (Lipinski definition) is 3. The molecule has 5 nitrogen and oxygen atoms in total. The van der Waals surface area contributed by atoms with Crippen molar-refractivity contribution in [2.24, 2.45) is 4.99 Å². The Kier molecular flexibility index (Phi) is 6.38. The number of thiazole rings is 1. The number of nitrogens with one attached hydrogen (secondary N) is 1. The second-order valence-electron chi connectivity index (χ2n) is 6.04. The number of aromatic nitrogens is 1. The van der Waals surface area contributed by atoms with Crippen LogP contribution in [0.15, 0.2) is 65.1 Å². The zero-order valence-corrected chi connectivity index (χ0v) is 16.5. The maximum Gasteiger partial charge on any atom is 0.279 e. The van der Waals surface area contributed by atoms with Gasteiger partial charge < -0.3 is 9.88 Å². The van der Waals surface area contributed by atoms with E-state index < -0.39 is 11.9 Å². The highest BCUT2D eigenvalue weighted by Crippen LogP contribution is 2.12. The van der Waals surface area contributed by atoms with Gasteiger partial charge >= 0.3 is 0 Å². The van der Waals surface area contributed by atoms with E-state index >= 15 is 0 Å². The van der Waals surface area contributed by atoms with Gasteiger partial charge in [-0.2, -0.15) is 4.99 Å². The Bertz CT molecular complexity index is 1060. The van der Waals surface area contributed by atoms with Gasteiger partial charge in [0.25, 0.3) is 5.91 Å². The molecule has 2 aromatic carbocycles. The summed E-state index contributed by atoms with van der Waals surface area (Å²) in [5, 5.41) is 5.01. The van der Waals surface area contributed by atoms with Gasteiger partial charge in [-0.3, -0.25) is 9.59 Å². The molecule has 0 aliphatic heterocycles. The molecule has 0 fully saturated rings. The van der Waals surface area contributed by atoms with Gasteiger partial charge in [0.15, 0.2) is 4.80 Å². The number of amides is 2. The number of carbonyl (C=O) groups is 2. The Morgan fingerprint density at radius 1 is 1.25 bits per heavy atom. The summed E-state index contributed by atoms with van der Waals surface area (Å²) in [7, 11) is 0. The van der Waals surface area contributed by atoms with Crippen LogP contribution in [-0.4, -0.2) is 16.4 Å². The van der Waals surface area contributed by atoms with E-state index in [4.69, 9.17) is 11.6 Å². The molecular weight excluding hydrogens is 401 g/mol. The van der Waals surface area contributed by atoms with Crippen molar-refractivity contribution in [1.29, 1.82) is 0 Å². The van der Waals surface area contributed by atoms with Crippen LogP contribution < -0.4 is 10.1 Å². The fraction of sp³-hybridized carbons (Fsp3) is 0.150. The van der Waals surface area contributed by atoms with Crippen molar-refractivity contribution < 1.29 is 14.0 Å². The number of carbonyl (C=O) groups excluding carboxylic acids is 2. The van der Waals surface area contributed by atoms with Crippen molar-refractivity contribution >= 4 is 34.8 Å². The van der Waals surface area contributed by atoms with Crippen LogP contribution in [0.3, 0.4) is 0 Å². The minimum Gasteiger partial charge on any atom is -0.350 e. The summed E-state index contributed by atoms with van der Waals surface area (Å²) in [5.74, 6) is -0.995. The van der Waals surface area contributed by atoms with Crippen molar-refractivity contribution in [1.82, 2.24) is 9.88 Å². The molecular formula is C20H17ClFN3O2S. The summed E-state index contributed by atoms with van der Waals surface area (Å²) < 4.78 is 14.6. The van der Waals surface area contributed by atoms with Crippen LogP contribution in [-0.2, 0) is 11.3 Å². The smallest absolute Gasteiger partial charge is 0.279 e. The Labute approximate surface area is 170 Å². The molecule has 8 heteroatoms. The van der Waals surface area contributed by atoms with E-state index in [-0.39, 0.29) is 18.3 Å². The number of nitrogens with zero attached hydrogens (tertiary/aromatic N) is 2. The highest BCUT2D eigenvalue weighted by atomic mass is 35.5. The molecule has 1 heterocycles. The molecule has 0 aliphatic rings. The maximum atomic E-state index is 13.0. The SMILES string of the molecule is CC(C(=O)NCc1ccc(F)cc1)n1ccsc1=NC(=O)c1cccc(Cl)c1. The standard InChI is InChI=1S/C20H17ClFN3O2S/c1-13(18(26)23-12-14-5-7-17(22)8-6-14)25-9-10-28-20(25)24-19(27)15-3-2-4-16(21)11-15/h2-11,13H,12H2,1H3,(H,23,26). The third kappa shape index (κ3) is 4.94. The number of benzene rings is 2. The molecule has 0 saturated carbocycles. The lowest BCUT2D eigenvalue weighted by molar-refractivity contribution is -0.124. The average molecular weight is 418 g/mol. The highest BCUT2D eigenvalue weighted by Gasteiger charge is 2.16. The van der Waals surface area contributed by atoms with Crippen LogP contribution in [0.2, 0.25) is 5.02 Å². The molecule has 0 bridgehead atoms. The molecule has 2 amide bonds. The fourth-order valence-electron chi connectivity index (χ4n) is 2.50. The van der Waals surface area contributed by atoms with Crippen LogP contribution in [0.4, 0.5) is 4.39 Å². The van der Waals surface area contributed by atoms with Gasteiger partial charge in [-0.25, -0.2) is 4.39 Å². The van der Waals surface area contributed by atoms with Crippen LogP contribution in [0, 0.1) is 5.82 Å².